The van der Waals surface area contributed by atoms with E-state index in [0.29, 0.717) is 54.7 Å². The second kappa shape index (κ2) is 8.85. The van der Waals surface area contributed by atoms with E-state index >= 15 is 0 Å². The van der Waals surface area contributed by atoms with E-state index in [1.54, 1.807) is 35.2 Å². The maximum absolute atomic E-state index is 12.7. The van der Waals surface area contributed by atoms with Crippen LogP contribution in [0.2, 0.25) is 5.02 Å². The molecule has 0 aromatic heterocycles. The molecule has 7 nitrogen and oxygen atoms in total. The van der Waals surface area contributed by atoms with E-state index in [1.807, 2.05) is 18.2 Å². The van der Waals surface area contributed by atoms with Gasteiger partial charge in [-0.1, -0.05) is 35.9 Å². The van der Waals surface area contributed by atoms with Crippen molar-refractivity contribution in [3.8, 4) is 5.75 Å². The summed E-state index contributed by atoms with van der Waals surface area (Å²) in [5.41, 5.74) is 0.720. The summed E-state index contributed by atoms with van der Waals surface area (Å²) in [6, 6.07) is 14.0. The highest BCUT2D eigenvalue weighted by atomic mass is 35.5. The summed E-state index contributed by atoms with van der Waals surface area (Å²) >= 11 is 6.09. The Morgan fingerprint density at radius 1 is 0.900 bits per heavy atom. The Balaban J connectivity index is 1.24. The summed E-state index contributed by atoms with van der Waals surface area (Å²) in [7, 11) is 0. The maximum atomic E-state index is 12.7. The number of fused-ring (bicyclic) bond motifs is 1. The second-order valence-corrected chi connectivity index (χ2v) is 7.65. The highest BCUT2D eigenvalue weighted by molar-refractivity contribution is 6.32. The van der Waals surface area contributed by atoms with Crippen LogP contribution < -0.4 is 4.74 Å². The summed E-state index contributed by atoms with van der Waals surface area (Å²) in [5.74, 6) is -0.357. The fourth-order valence-electron chi connectivity index (χ4n) is 3.69. The highest BCUT2D eigenvalue weighted by Gasteiger charge is 2.37. The molecule has 0 spiro atoms. The van der Waals surface area contributed by atoms with Crippen LogP contribution in [0.15, 0.2) is 48.5 Å². The summed E-state index contributed by atoms with van der Waals surface area (Å²) in [6.45, 7) is 3.53. The molecule has 0 radical (unpaired) electrons. The van der Waals surface area contributed by atoms with Crippen molar-refractivity contribution < 1.29 is 19.1 Å². The lowest BCUT2D eigenvalue weighted by Gasteiger charge is -2.35. The molecule has 4 rings (SSSR count). The van der Waals surface area contributed by atoms with Gasteiger partial charge in [0.15, 0.2) is 0 Å². The molecule has 2 aromatic rings. The Morgan fingerprint density at radius 2 is 1.50 bits per heavy atom. The van der Waals surface area contributed by atoms with Crippen LogP contribution in [-0.4, -0.2) is 78.3 Å². The Morgan fingerprint density at radius 3 is 2.13 bits per heavy atom. The predicted molar refractivity (Wildman–Crippen MR) is 112 cm³/mol. The number of carbonyl (C=O) groups excluding carboxylic acids is 3. The van der Waals surface area contributed by atoms with Gasteiger partial charge in [0.1, 0.15) is 18.9 Å². The van der Waals surface area contributed by atoms with Crippen LogP contribution >= 0.6 is 11.6 Å². The molecule has 1 saturated heterocycles. The van der Waals surface area contributed by atoms with Crippen LogP contribution in [0.25, 0.3) is 0 Å². The molecule has 1 fully saturated rings. The lowest BCUT2D eigenvalue weighted by Crippen LogP contribution is -2.52. The third-order valence-corrected chi connectivity index (χ3v) is 5.71. The number of hydrogen-bond acceptors (Lipinski definition) is 5. The number of benzene rings is 2. The highest BCUT2D eigenvalue weighted by Crippen LogP contribution is 2.23. The SMILES string of the molecule is O=C(CN1C(=O)c2ccccc2C1=O)N1CCN(CCOc2ccccc2Cl)CC1. The number of halogens is 1. The minimum absolute atomic E-state index is 0.212. The van der Waals surface area contributed by atoms with E-state index in [4.69, 9.17) is 16.3 Å². The van der Waals surface area contributed by atoms with Crippen molar-refractivity contribution in [2.24, 2.45) is 0 Å². The first kappa shape index (κ1) is 20.4. The monoisotopic (exact) mass is 427 g/mol. The molecular formula is C22H22ClN3O4. The quantitative estimate of drug-likeness (QED) is 0.661. The molecular weight excluding hydrogens is 406 g/mol. The van der Waals surface area contributed by atoms with Gasteiger partial charge >= 0.3 is 0 Å². The molecule has 30 heavy (non-hydrogen) atoms. The number of nitrogens with zero attached hydrogens (tertiary/aromatic N) is 3. The summed E-state index contributed by atoms with van der Waals surface area (Å²) in [6.07, 6.45) is 0. The van der Waals surface area contributed by atoms with Crippen molar-refractivity contribution in [1.29, 1.82) is 0 Å². The standard InChI is InChI=1S/C22H22ClN3O4/c23-18-7-3-4-8-19(18)30-14-13-24-9-11-25(12-10-24)20(27)15-26-21(28)16-5-1-2-6-17(16)22(26)29/h1-8H,9-15H2. The minimum Gasteiger partial charge on any atom is -0.491 e. The largest absolute Gasteiger partial charge is 0.491 e. The van der Waals surface area contributed by atoms with E-state index in [1.165, 1.54) is 0 Å². The van der Waals surface area contributed by atoms with Gasteiger partial charge < -0.3 is 9.64 Å². The minimum atomic E-state index is -0.403. The number of imide groups is 1. The zero-order valence-electron chi connectivity index (χ0n) is 16.4. The number of hydrogen-bond donors (Lipinski definition) is 0. The number of piperazine rings is 1. The van der Waals surface area contributed by atoms with Gasteiger partial charge in [-0.15, -0.1) is 0 Å². The van der Waals surface area contributed by atoms with E-state index < -0.39 is 11.8 Å². The lowest BCUT2D eigenvalue weighted by molar-refractivity contribution is -0.133. The number of rotatable bonds is 6. The molecule has 2 aliphatic heterocycles. The van der Waals surface area contributed by atoms with Gasteiger partial charge in [0.05, 0.1) is 16.1 Å². The van der Waals surface area contributed by atoms with Gasteiger partial charge in [0.25, 0.3) is 11.8 Å². The van der Waals surface area contributed by atoms with Crippen molar-refractivity contribution >= 4 is 29.3 Å². The molecule has 2 aromatic carbocycles. The van der Waals surface area contributed by atoms with Gasteiger partial charge in [-0.25, -0.2) is 0 Å². The molecule has 156 valence electrons. The van der Waals surface area contributed by atoms with Crippen molar-refractivity contribution in [2.75, 3.05) is 45.9 Å². The summed E-state index contributed by atoms with van der Waals surface area (Å²) < 4.78 is 5.72. The smallest absolute Gasteiger partial charge is 0.262 e. The molecule has 3 amide bonds. The van der Waals surface area contributed by atoms with E-state index in [2.05, 4.69) is 4.90 Å². The molecule has 0 unspecified atom stereocenters. The van der Waals surface area contributed by atoms with Crippen molar-refractivity contribution in [3.05, 3.63) is 64.7 Å². The van der Waals surface area contributed by atoms with Crippen LogP contribution in [0.4, 0.5) is 0 Å². The number of carbonyl (C=O) groups is 3. The van der Waals surface area contributed by atoms with Gasteiger partial charge in [0.2, 0.25) is 5.91 Å². The Hall–Kier alpha value is -2.90. The normalized spacial score (nSPS) is 16.7. The molecule has 2 heterocycles. The lowest BCUT2D eigenvalue weighted by atomic mass is 10.1. The van der Waals surface area contributed by atoms with Crippen LogP contribution in [0, 0.1) is 0 Å². The molecule has 2 aliphatic rings. The van der Waals surface area contributed by atoms with Crippen LogP contribution in [0.1, 0.15) is 20.7 Å². The van der Waals surface area contributed by atoms with Crippen LogP contribution in [-0.2, 0) is 4.79 Å². The first-order valence-electron chi connectivity index (χ1n) is 9.87. The Labute approximate surface area is 179 Å². The van der Waals surface area contributed by atoms with Crippen LogP contribution in [0.5, 0.6) is 5.75 Å². The molecule has 0 saturated carbocycles. The van der Waals surface area contributed by atoms with Crippen LogP contribution in [0.3, 0.4) is 0 Å². The second-order valence-electron chi connectivity index (χ2n) is 7.24. The third-order valence-electron chi connectivity index (χ3n) is 5.40. The zero-order valence-corrected chi connectivity index (χ0v) is 17.2. The average Bonchev–Trinajstić information content (AvgIpc) is 3.00. The number of amides is 3. The molecule has 0 aliphatic carbocycles. The summed E-state index contributed by atoms with van der Waals surface area (Å²) in [4.78, 5) is 42.5. The molecule has 0 N–H and O–H groups in total. The van der Waals surface area contributed by atoms with Gasteiger partial charge in [-0.2, -0.15) is 0 Å². The number of para-hydroxylation sites is 1. The molecule has 0 atom stereocenters. The topological polar surface area (TPSA) is 70.2 Å². The zero-order chi connectivity index (χ0) is 21.1. The van der Waals surface area contributed by atoms with E-state index in [0.717, 1.165) is 11.4 Å². The predicted octanol–water partition coefficient (Wildman–Crippen LogP) is 2.16. The fourth-order valence-corrected chi connectivity index (χ4v) is 3.88. The Kier molecular flexibility index (Phi) is 6.01. The third kappa shape index (κ3) is 4.17. The van der Waals surface area contributed by atoms with Gasteiger partial charge in [0, 0.05) is 32.7 Å². The van der Waals surface area contributed by atoms with Crippen molar-refractivity contribution in [1.82, 2.24) is 14.7 Å². The van der Waals surface area contributed by atoms with Crippen molar-refractivity contribution in [2.45, 2.75) is 0 Å². The number of ether oxygens (including phenoxy) is 1. The fraction of sp³-hybridized carbons (Fsp3) is 0.318. The van der Waals surface area contributed by atoms with Gasteiger partial charge in [-0.3, -0.25) is 24.2 Å². The maximum Gasteiger partial charge on any atom is 0.262 e. The first-order chi connectivity index (χ1) is 14.5. The molecule has 8 heteroatoms. The Bertz CT molecular complexity index is 937. The average molecular weight is 428 g/mol. The van der Waals surface area contributed by atoms with Crippen molar-refractivity contribution in [3.63, 3.8) is 0 Å². The summed E-state index contributed by atoms with van der Waals surface area (Å²) in [5, 5.41) is 0.584. The van der Waals surface area contributed by atoms with E-state index in [9.17, 15) is 14.4 Å². The van der Waals surface area contributed by atoms with E-state index in [-0.39, 0.29) is 12.5 Å². The van der Waals surface area contributed by atoms with Gasteiger partial charge in [-0.05, 0) is 24.3 Å². The molecule has 0 bridgehead atoms. The first-order valence-corrected chi connectivity index (χ1v) is 10.2.